The number of aliphatic carboxylic acids is 1. The summed E-state index contributed by atoms with van der Waals surface area (Å²) in [6.07, 6.45) is 0.613. The van der Waals surface area contributed by atoms with Crippen LogP contribution in [0.15, 0.2) is 0 Å². The van der Waals surface area contributed by atoms with Crippen molar-refractivity contribution in [1.29, 1.82) is 0 Å². The van der Waals surface area contributed by atoms with Gasteiger partial charge in [0.15, 0.2) is 0 Å². The van der Waals surface area contributed by atoms with Crippen LogP contribution in [0, 0.1) is 0 Å². The molecule has 8 heteroatoms. The quantitative estimate of drug-likeness (QED) is 0.509. The van der Waals surface area contributed by atoms with Crippen molar-refractivity contribution in [2.45, 2.75) is 25.3 Å². The van der Waals surface area contributed by atoms with Gasteiger partial charge in [0.25, 0.3) is 0 Å². The molecule has 0 aromatic rings. The number of hydrogen-bond acceptors (Lipinski definition) is 4. The van der Waals surface area contributed by atoms with Gasteiger partial charge in [-0.2, -0.15) is 0 Å². The van der Waals surface area contributed by atoms with Crippen molar-refractivity contribution >= 4 is 23.7 Å². The number of carbonyl (C=O) groups is 4. The lowest BCUT2D eigenvalue weighted by Gasteiger charge is -2.17. The highest BCUT2D eigenvalue weighted by molar-refractivity contribution is 5.90. The Morgan fingerprint density at radius 2 is 2.11 bits per heavy atom. The van der Waals surface area contributed by atoms with E-state index in [2.05, 4.69) is 5.32 Å². The molecule has 1 rings (SSSR count). The molecule has 1 heterocycles. The maximum absolute atomic E-state index is 11.5. The van der Waals surface area contributed by atoms with Crippen LogP contribution in [0.25, 0.3) is 0 Å². The number of carboxylic acids is 1. The van der Waals surface area contributed by atoms with Crippen LogP contribution < -0.4 is 11.1 Å². The molecule has 1 atom stereocenters. The Morgan fingerprint density at radius 3 is 2.56 bits per heavy atom. The van der Waals surface area contributed by atoms with Gasteiger partial charge in [-0.25, -0.2) is 4.79 Å². The van der Waals surface area contributed by atoms with Gasteiger partial charge in [0.1, 0.15) is 6.04 Å². The van der Waals surface area contributed by atoms with Gasteiger partial charge in [-0.3, -0.25) is 14.4 Å². The first-order valence-electron chi connectivity index (χ1n) is 5.48. The molecule has 0 unspecified atom stereocenters. The monoisotopic (exact) mass is 257 g/mol. The van der Waals surface area contributed by atoms with Gasteiger partial charge in [0.2, 0.25) is 17.7 Å². The predicted molar refractivity (Wildman–Crippen MR) is 59.2 cm³/mol. The molecule has 4 N–H and O–H groups in total. The van der Waals surface area contributed by atoms with Crippen molar-refractivity contribution < 1.29 is 24.3 Å². The lowest BCUT2D eigenvalue weighted by atomic mass is 10.2. The largest absolute Gasteiger partial charge is 0.480 e. The molecule has 1 fully saturated rings. The number of nitrogens with zero attached hydrogens (tertiary/aromatic N) is 1. The fraction of sp³-hybridized carbons (Fsp3) is 0.600. The SMILES string of the molecule is NC(=O)C[C@@H](NC(=O)CN1CCCC1=O)C(=O)O. The maximum Gasteiger partial charge on any atom is 0.326 e. The minimum absolute atomic E-state index is 0.132. The Balaban J connectivity index is 2.48. The van der Waals surface area contributed by atoms with Crippen molar-refractivity contribution in [3.8, 4) is 0 Å². The second-order valence-electron chi connectivity index (χ2n) is 4.05. The number of rotatable bonds is 6. The molecule has 0 radical (unpaired) electrons. The second kappa shape index (κ2) is 5.99. The normalized spacial score (nSPS) is 16.4. The number of carboxylic acid groups (broad SMARTS) is 1. The summed E-state index contributed by atoms with van der Waals surface area (Å²) in [7, 11) is 0. The lowest BCUT2D eigenvalue weighted by molar-refractivity contribution is -0.143. The molecule has 0 bridgehead atoms. The topological polar surface area (TPSA) is 130 Å². The van der Waals surface area contributed by atoms with E-state index in [4.69, 9.17) is 10.8 Å². The number of likely N-dealkylation sites (tertiary alicyclic amines) is 1. The van der Waals surface area contributed by atoms with Crippen LogP contribution in [-0.4, -0.2) is 52.8 Å². The van der Waals surface area contributed by atoms with E-state index in [1.807, 2.05) is 0 Å². The molecule has 0 aliphatic carbocycles. The number of amides is 3. The second-order valence-corrected chi connectivity index (χ2v) is 4.05. The van der Waals surface area contributed by atoms with Crippen LogP contribution in [0.4, 0.5) is 0 Å². The van der Waals surface area contributed by atoms with Gasteiger partial charge >= 0.3 is 5.97 Å². The minimum atomic E-state index is -1.35. The molecule has 0 saturated carbocycles. The average Bonchev–Trinajstić information content (AvgIpc) is 2.62. The zero-order chi connectivity index (χ0) is 13.7. The third-order valence-electron chi connectivity index (χ3n) is 2.54. The fourth-order valence-corrected chi connectivity index (χ4v) is 1.69. The van der Waals surface area contributed by atoms with Gasteiger partial charge < -0.3 is 21.1 Å². The molecular formula is C10H15N3O5. The summed E-state index contributed by atoms with van der Waals surface area (Å²) >= 11 is 0. The van der Waals surface area contributed by atoms with Gasteiger partial charge in [0, 0.05) is 13.0 Å². The van der Waals surface area contributed by atoms with E-state index in [0.29, 0.717) is 19.4 Å². The molecule has 0 spiro atoms. The fourth-order valence-electron chi connectivity index (χ4n) is 1.69. The minimum Gasteiger partial charge on any atom is -0.480 e. The van der Waals surface area contributed by atoms with Crippen molar-refractivity contribution in [3.63, 3.8) is 0 Å². The third-order valence-corrected chi connectivity index (χ3v) is 2.54. The molecule has 1 saturated heterocycles. The molecule has 1 aliphatic heterocycles. The summed E-state index contributed by atoms with van der Waals surface area (Å²) in [4.78, 5) is 45.5. The standard InChI is InChI=1S/C10H15N3O5/c11-7(14)4-6(10(17)18)12-8(15)5-13-3-1-2-9(13)16/h6H,1-5H2,(H2,11,14)(H,12,15)(H,17,18)/t6-/m1/s1. The summed E-state index contributed by atoms with van der Waals surface area (Å²) in [5, 5.41) is 10.9. The van der Waals surface area contributed by atoms with Crippen LogP contribution >= 0.6 is 0 Å². The van der Waals surface area contributed by atoms with Crippen molar-refractivity contribution in [3.05, 3.63) is 0 Å². The molecule has 1 aliphatic rings. The van der Waals surface area contributed by atoms with E-state index in [1.165, 1.54) is 4.90 Å². The van der Waals surface area contributed by atoms with Gasteiger partial charge in [-0.05, 0) is 6.42 Å². The maximum atomic E-state index is 11.5. The van der Waals surface area contributed by atoms with Crippen LogP contribution in [-0.2, 0) is 19.2 Å². The van der Waals surface area contributed by atoms with Crippen molar-refractivity contribution in [2.75, 3.05) is 13.1 Å². The Bertz CT molecular complexity index is 382. The molecule has 8 nitrogen and oxygen atoms in total. The third kappa shape index (κ3) is 4.04. The molecule has 18 heavy (non-hydrogen) atoms. The van der Waals surface area contributed by atoms with E-state index in [9.17, 15) is 19.2 Å². The van der Waals surface area contributed by atoms with Crippen molar-refractivity contribution in [1.82, 2.24) is 10.2 Å². The van der Waals surface area contributed by atoms with Gasteiger partial charge in [0.05, 0.1) is 13.0 Å². The van der Waals surface area contributed by atoms with Crippen LogP contribution in [0.3, 0.4) is 0 Å². The first kappa shape index (κ1) is 13.9. The number of nitrogens with one attached hydrogen (secondary N) is 1. The first-order valence-corrected chi connectivity index (χ1v) is 5.48. The highest BCUT2D eigenvalue weighted by Crippen LogP contribution is 2.08. The molecule has 3 amide bonds. The Labute approximate surface area is 103 Å². The zero-order valence-electron chi connectivity index (χ0n) is 9.72. The van der Waals surface area contributed by atoms with E-state index in [1.54, 1.807) is 0 Å². The molecule has 0 aromatic heterocycles. The first-order chi connectivity index (χ1) is 8.40. The Morgan fingerprint density at radius 1 is 1.44 bits per heavy atom. The van der Waals surface area contributed by atoms with E-state index in [0.717, 1.165) is 0 Å². The highest BCUT2D eigenvalue weighted by atomic mass is 16.4. The van der Waals surface area contributed by atoms with Crippen LogP contribution in [0.5, 0.6) is 0 Å². The summed E-state index contributed by atoms with van der Waals surface area (Å²) in [5.74, 6) is -2.90. The number of hydrogen-bond donors (Lipinski definition) is 3. The predicted octanol–water partition coefficient (Wildman–Crippen LogP) is -1.95. The van der Waals surface area contributed by atoms with Crippen LogP contribution in [0.1, 0.15) is 19.3 Å². The summed E-state index contributed by atoms with van der Waals surface area (Å²) < 4.78 is 0. The average molecular weight is 257 g/mol. The Kier molecular flexibility index (Phi) is 4.64. The number of nitrogens with two attached hydrogens (primary N) is 1. The van der Waals surface area contributed by atoms with E-state index in [-0.39, 0.29) is 12.5 Å². The summed E-state index contributed by atoms with van der Waals surface area (Å²) in [6, 6.07) is -1.35. The number of carbonyl (C=O) groups excluding carboxylic acids is 3. The van der Waals surface area contributed by atoms with Gasteiger partial charge in [-0.15, -0.1) is 0 Å². The van der Waals surface area contributed by atoms with E-state index >= 15 is 0 Å². The molecular weight excluding hydrogens is 242 g/mol. The summed E-state index contributed by atoms with van der Waals surface area (Å²) in [6.45, 7) is 0.293. The van der Waals surface area contributed by atoms with Crippen molar-refractivity contribution in [2.24, 2.45) is 5.73 Å². The van der Waals surface area contributed by atoms with Gasteiger partial charge in [-0.1, -0.05) is 0 Å². The molecule has 100 valence electrons. The Hall–Kier alpha value is -2.12. The van der Waals surface area contributed by atoms with E-state index < -0.39 is 30.2 Å². The zero-order valence-corrected chi connectivity index (χ0v) is 9.72. The van der Waals surface area contributed by atoms with Crippen LogP contribution in [0.2, 0.25) is 0 Å². The lowest BCUT2D eigenvalue weighted by Crippen LogP contribution is -2.47. The number of primary amides is 1. The highest BCUT2D eigenvalue weighted by Gasteiger charge is 2.26. The molecule has 0 aromatic carbocycles. The summed E-state index contributed by atoms with van der Waals surface area (Å²) in [5.41, 5.74) is 4.87. The smallest absolute Gasteiger partial charge is 0.326 e.